The molecule has 0 amide bonds. The van der Waals surface area contributed by atoms with E-state index in [0.717, 1.165) is 11.0 Å². The van der Waals surface area contributed by atoms with Crippen molar-refractivity contribution >= 4 is 34.9 Å². The number of fused-ring (bicyclic) bond motifs is 1. The Morgan fingerprint density at radius 2 is 2.05 bits per heavy atom. The lowest BCUT2D eigenvalue weighted by Crippen LogP contribution is -1.96. The van der Waals surface area contributed by atoms with Crippen molar-refractivity contribution < 1.29 is 9.13 Å². The summed E-state index contributed by atoms with van der Waals surface area (Å²) in [5.41, 5.74) is 2.12. The summed E-state index contributed by atoms with van der Waals surface area (Å²) in [5.74, 6) is 0.348. The van der Waals surface area contributed by atoms with E-state index >= 15 is 0 Å². The standard InChI is InChI=1S/C14H10ClFN2OS/c1-19-9-3-5-12-11(7-9)17-14(20)18(12)13-6-8(16)2-4-10(13)15/h2-7H,1H3,(H,17,20). The van der Waals surface area contributed by atoms with Crippen molar-refractivity contribution in [1.29, 1.82) is 0 Å². The minimum atomic E-state index is -0.367. The second-order valence-electron chi connectivity index (χ2n) is 4.24. The van der Waals surface area contributed by atoms with Gasteiger partial charge in [0.25, 0.3) is 0 Å². The SMILES string of the molecule is COc1ccc2c(c1)[nH]c(=S)n2-c1cc(F)ccc1Cl. The molecule has 0 unspecified atom stereocenters. The topological polar surface area (TPSA) is 29.9 Å². The molecule has 0 fully saturated rings. The van der Waals surface area contributed by atoms with Gasteiger partial charge in [-0.25, -0.2) is 4.39 Å². The van der Waals surface area contributed by atoms with Gasteiger partial charge < -0.3 is 9.72 Å². The van der Waals surface area contributed by atoms with E-state index < -0.39 is 0 Å². The molecule has 6 heteroatoms. The zero-order chi connectivity index (χ0) is 14.3. The summed E-state index contributed by atoms with van der Waals surface area (Å²) >= 11 is 11.4. The van der Waals surface area contributed by atoms with Crippen molar-refractivity contribution in [2.45, 2.75) is 0 Å². The molecule has 1 N–H and O–H groups in total. The van der Waals surface area contributed by atoms with Crippen LogP contribution in [0.25, 0.3) is 16.7 Å². The Morgan fingerprint density at radius 1 is 1.25 bits per heavy atom. The van der Waals surface area contributed by atoms with Crippen molar-refractivity contribution in [3.05, 3.63) is 52.0 Å². The Kier molecular flexibility index (Phi) is 3.23. The number of aromatic nitrogens is 2. The van der Waals surface area contributed by atoms with Crippen LogP contribution in [0, 0.1) is 10.6 Å². The quantitative estimate of drug-likeness (QED) is 0.707. The van der Waals surface area contributed by atoms with E-state index in [4.69, 9.17) is 28.6 Å². The fourth-order valence-electron chi connectivity index (χ4n) is 2.11. The molecule has 3 nitrogen and oxygen atoms in total. The monoisotopic (exact) mass is 308 g/mol. The third kappa shape index (κ3) is 2.09. The van der Waals surface area contributed by atoms with Gasteiger partial charge in [-0.15, -0.1) is 0 Å². The summed E-state index contributed by atoms with van der Waals surface area (Å²) in [7, 11) is 1.59. The first-order valence-electron chi connectivity index (χ1n) is 5.84. The highest BCUT2D eigenvalue weighted by Crippen LogP contribution is 2.28. The number of aromatic amines is 1. The number of nitrogens with one attached hydrogen (secondary N) is 1. The average molecular weight is 309 g/mol. The number of halogens is 2. The van der Waals surface area contributed by atoms with Crippen LogP contribution in [0.4, 0.5) is 4.39 Å². The van der Waals surface area contributed by atoms with Crippen LogP contribution in [0.2, 0.25) is 5.02 Å². The first-order valence-corrected chi connectivity index (χ1v) is 6.63. The van der Waals surface area contributed by atoms with Gasteiger partial charge in [-0.1, -0.05) is 11.6 Å². The smallest absolute Gasteiger partial charge is 0.182 e. The van der Waals surface area contributed by atoms with E-state index in [1.165, 1.54) is 18.2 Å². The number of ether oxygens (including phenoxy) is 1. The highest BCUT2D eigenvalue weighted by molar-refractivity contribution is 7.71. The minimum Gasteiger partial charge on any atom is -0.497 e. The van der Waals surface area contributed by atoms with Gasteiger partial charge in [0.2, 0.25) is 0 Å². The first kappa shape index (κ1) is 13.1. The molecular formula is C14H10ClFN2OS. The third-order valence-corrected chi connectivity index (χ3v) is 3.64. The van der Waals surface area contributed by atoms with E-state index in [0.29, 0.717) is 21.2 Å². The first-order chi connectivity index (χ1) is 9.60. The fraction of sp³-hybridized carbons (Fsp3) is 0.0714. The number of benzene rings is 2. The van der Waals surface area contributed by atoms with E-state index in [9.17, 15) is 4.39 Å². The van der Waals surface area contributed by atoms with Gasteiger partial charge in [-0.2, -0.15) is 0 Å². The summed E-state index contributed by atoms with van der Waals surface area (Å²) in [4.78, 5) is 3.06. The number of rotatable bonds is 2. The molecule has 0 spiro atoms. The molecule has 3 rings (SSSR count). The number of hydrogen-bond acceptors (Lipinski definition) is 2. The molecule has 0 bridgehead atoms. The van der Waals surface area contributed by atoms with Crippen molar-refractivity contribution in [1.82, 2.24) is 9.55 Å². The number of nitrogens with zero attached hydrogens (tertiary/aromatic N) is 1. The Bertz CT molecular complexity index is 856. The maximum absolute atomic E-state index is 13.5. The lowest BCUT2D eigenvalue weighted by molar-refractivity contribution is 0.415. The Morgan fingerprint density at radius 3 is 2.80 bits per heavy atom. The molecule has 0 saturated heterocycles. The third-order valence-electron chi connectivity index (χ3n) is 3.04. The van der Waals surface area contributed by atoms with Gasteiger partial charge >= 0.3 is 0 Å². The second kappa shape index (κ2) is 4.92. The molecule has 20 heavy (non-hydrogen) atoms. The van der Waals surface area contributed by atoms with Crippen LogP contribution in [-0.4, -0.2) is 16.7 Å². The Balaban J connectivity index is 2.33. The van der Waals surface area contributed by atoms with Crippen molar-refractivity contribution in [2.24, 2.45) is 0 Å². The van der Waals surface area contributed by atoms with Crippen LogP contribution in [0.3, 0.4) is 0 Å². The van der Waals surface area contributed by atoms with E-state index in [1.807, 2.05) is 18.2 Å². The molecule has 0 radical (unpaired) electrons. The highest BCUT2D eigenvalue weighted by Gasteiger charge is 2.11. The molecule has 1 aromatic heterocycles. The molecular weight excluding hydrogens is 299 g/mol. The predicted octanol–water partition coefficient (Wildman–Crippen LogP) is 4.49. The van der Waals surface area contributed by atoms with Crippen molar-refractivity contribution in [3.8, 4) is 11.4 Å². The van der Waals surface area contributed by atoms with Crippen LogP contribution >= 0.6 is 23.8 Å². The van der Waals surface area contributed by atoms with Crippen LogP contribution in [0.5, 0.6) is 5.75 Å². The van der Waals surface area contributed by atoms with Crippen LogP contribution in [-0.2, 0) is 0 Å². The zero-order valence-corrected chi connectivity index (χ0v) is 12.1. The van der Waals surface area contributed by atoms with Crippen LogP contribution < -0.4 is 4.74 Å². The van der Waals surface area contributed by atoms with E-state index in [2.05, 4.69) is 4.98 Å². The van der Waals surface area contributed by atoms with Gasteiger partial charge in [0, 0.05) is 6.07 Å². The fourth-order valence-corrected chi connectivity index (χ4v) is 2.62. The zero-order valence-electron chi connectivity index (χ0n) is 10.5. The lowest BCUT2D eigenvalue weighted by atomic mass is 10.2. The summed E-state index contributed by atoms with van der Waals surface area (Å²) in [5, 5.41) is 0.430. The molecule has 0 aliphatic heterocycles. The summed E-state index contributed by atoms with van der Waals surface area (Å²) in [6, 6.07) is 9.67. The maximum atomic E-state index is 13.5. The average Bonchev–Trinajstić information content (AvgIpc) is 2.76. The molecule has 2 aromatic carbocycles. The van der Waals surface area contributed by atoms with Crippen molar-refractivity contribution in [3.63, 3.8) is 0 Å². The number of methoxy groups -OCH3 is 1. The molecule has 0 saturated carbocycles. The van der Waals surface area contributed by atoms with Crippen LogP contribution in [0.15, 0.2) is 36.4 Å². The molecule has 3 aromatic rings. The van der Waals surface area contributed by atoms with Gasteiger partial charge in [-0.3, -0.25) is 4.57 Å². The molecule has 1 heterocycles. The van der Waals surface area contributed by atoms with E-state index in [-0.39, 0.29) is 5.82 Å². The summed E-state index contributed by atoms with van der Waals surface area (Å²) in [6.45, 7) is 0. The second-order valence-corrected chi connectivity index (χ2v) is 5.04. The lowest BCUT2D eigenvalue weighted by Gasteiger charge is -2.07. The van der Waals surface area contributed by atoms with Gasteiger partial charge in [0.1, 0.15) is 11.6 Å². The predicted molar refractivity (Wildman–Crippen MR) is 80.0 cm³/mol. The number of hydrogen-bond donors (Lipinski definition) is 1. The minimum absolute atomic E-state index is 0.367. The normalized spacial score (nSPS) is 10.9. The maximum Gasteiger partial charge on any atom is 0.182 e. The Labute approximate surface area is 124 Å². The Hall–Kier alpha value is -1.85. The summed E-state index contributed by atoms with van der Waals surface area (Å²) in [6.07, 6.45) is 0. The number of imidazole rings is 1. The van der Waals surface area contributed by atoms with Crippen molar-refractivity contribution in [2.75, 3.05) is 7.11 Å². The number of H-pyrrole nitrogens is 1. The van der Waals surface area contributed by atoms with Gasteiger partial charge in [-0.05, 0) is 42.5 Å². The van der Waals surface area contributed by atoms with Crippen LogP contribution in [0.1, 0.15) is 0 Å². The summed E-state index contributed by atoms with van der Waals surface area (Å²) < 4.78 is 20.8. The highest BCUT2D eigenvalue weighted by atomic mass is 35.5. The van der Waals surface area contributed by atoms with Gasteiger partial charge in [0.15, 0.2) is 4.77 Å². The molecule has 0 atom stereocenters. The van der Waals surface area contributed by atoms with Gasteiger partial charge in [0.05, 0.1) is 28.9 Å². The molecule has 0 aliphatic rings. The van der Waals surface area contributed by atoms with E-state index in [1.54, 1.807) is 11.7 Å². The molecule has 102 valence electrons. The largest absolute Gasteiger partial charge is 0.497 e. The molecule has 0 aliphatic carbocycles.